The van der Waals surface area contributed by atoms with Gasteiger partial charge in [-0.2, -0.15) is 0 Å². The Morgan fingerprint density at radius 2 is 2.05 bits per heavy atom. The standard InChI is InChI=1S/C16H21N5O/c1-12-8-13(2)20-16(19-12)21-7-3-4-14(10-21)11-22-15-9-17-5-6-18-15/h5-6,8-9,14H,3-4,7,10-11H2,1-2H3. The number of nitrogens with zero attached hydrogens (tertiary/aromatic N) is 5. The van der Waals surface area contributed by atoms with Gasteiger partial charge >= 0.3 is 0 Å². The SMILES string of the molecule is Cc1cc(C)nc(N2CCCC(COc3cnccn3)C2)n1. The van der Waals surface area contributed by atoms with Crippen LogP contribution in [0.5, 0.6) is 5.88 Å². The van der Waals surface area contributed by atoms with Crippen molar-refractivity contribution in [3.63, 3.8) is 0 Å². The van der Waals surface area contributed by atoms with E-state index in [0.29, 0.717) is 18.4 Å². The van der Waals surface area contributed by atoms with Crippen molar-refractivity contribution >= 4 is 5.95 Å². The first-order chi connectivity index (χ1) is 10.7. The summed E-state index contributed by atoms with van der Waals surface area (Å²) >= 11 is 0. The molecule has 3 rings (SSSR count). The molecule has 0 bridgehead atoms. The van der Waals surface area contributed by atoms with E-state index in [2.05, 4.69) is 24.8 Å². The van der Waals surface area contributed by atoms with Gasteiger partial charge in [0.15, 0.2) is 0 Å². The van der Waals surface area contributed by atoms with Crippen LogP contribution in [-0.2, 0) is 0 Å². The summed E-state index contributed by atoms with van der Waals surface area (Å²) in [7, 11) is 0. The van der Waals surface area contributed by atoms with Crippen LogP contribution in [0.4, 0.5) is 5.95 Å². The van der Waals surface area contributed by atoms with Crippen molar-refractivity contribution in [3.05, 3.63) is 36.0 Å². The maximum atomic E-state index is 5.74. The second kappa shape index (κ2) is 6.68. The number of hydrogen-bond donors (Lipinski definition) is 0. The molecule has 0 spiro atoms. The van der Waals surface area contributed by atoms with Crippen LogP contribution in [0.3, 0.4) is 0 Å². The zero-order chi connectivity index (χ0) is 15.4. The molecule has 22 heavy (non-hydrogen) atoms. The van der Waals surface area contributed by atoms with Gasteiger partial charge in [0.05, 0.1) is 12.8 Å². The molecule has 116 valence electrons. The number of rotatable bonds is 4. The van der Waals surface area contributed by atoms with E-state index >= 15 is 0 Å². The lowest BCUT2D eigenvalue weighted by atomic mass is 9.99. The highest BCUT2D eigenvalue weighted by molar-refractivity contribution is 5.32. The Morgan fingerprint density at radius 3 is 2.77 bits per heavy atom. The van der Waals surface area contributed by atoms with E-state index < -0.39 is 0 Å². The van der Waals surface area contributed by atoms with Gasteiger partial charge in [-0.15, -0.1) is 0 Å². The molecular weight excluding hydrogens is 278 g/mol. The maximum Gasteiger partial charge on any atom is 0.232 e. The van der Waals surface area contributed by atoms with Gasteiger partial charge in [0.25, 0.3) is 0 Å². The predicted octanol–water partition coefficient (Wildman–Crippen LogP) is 2.18. The summed E-state index contributed by atoms with van der Waals surface area (Å²) in [6.07, 6.45) is 7.22. The van der Waals surface area contributed by atoms with Crippen molar-refractivity contribution in [2.45, 2.75) is 26.7 Å². The summed E-state index contributed by atoms with van der Waals surface area (Å²) in [5.74, 6) is 1.88. The van der Waals surface area contributed by atoms with Gasteiger partial charge in [-0.1, -0.05) is 0 Å². The molecule has 1 fully saturated rings. The van der Waals surface area contributed by atoms with Crippen LogP contribution in [0.1, 0.15) is 24.2 Å². The first-order valence-electron chi connectivity index (χ1n) is 7.67. The quantitative estimate of drug-likeness (QED) is 0.862. The minimum absolute atomic E-state index is 0.458. The lowest BCUT2D eigenvalue weighted by Crippen LogP contribution is -2.39. The number of ether oxygens (including phenoxy) is 1. The predicted molar refractivity (Wildman–Crippen MR) is 84.0 cm³/mol. The molecule has 1 aliphatic heterocycles. The van der Waals surface area contributed by atoms with Crippen molar-refractivity contribution in [1.82, 2.24) is 19.9 Å². The molecule has 1 saturated heterocycles. The molecule has 1 aliphatic rings. The lowest BCUT2D eigenvalue weighted by Gasteiger charge is -2.32. The van der Waals surface area contributed by atoms with E-state index in [4.69, 9.17) is 4.74 Å². The average molecular weight is 299 g/mol. The molecule has 0 amide bonds. The molecule has 2 aromatic rings. The fraction of sp³-hybridized carbons (Fsp3) is 0.500. The monoisotopic (exact) mass is 299 g/mol. The maximum absolute atomic E-state index is 5.74. The second-order valence-electron chi connectivity index (χ2n) is 5.76. The van der Waals surface area contributed by atoms with Crippen molar-refractivity contribution in [3.8, 4) is 5.88 Å². The third kappa shape index (κ3) is 3.69. The number of hydrogen-bond acceptors (Lipinski definition) is 6. The molecule has 1 atom stereocenters. The van der Waals surface area contributed by atoms with Crippen LogP contribution in [0.15, 0.2) is 24.7 Å². The summed E-state index contributed by atoms with van der Waals surface area (Å²) in [6.45, 7) is 6.60. The summed E-state index contributed by atoms with van der Waals surface area (Å²) in [5.41, 5.74) is 2.03. The minimum Gasteiger partial charge on any atom is -0.476 e. The van der Waals surface area contributed by atoms with E-state index in [1.54, 1.807) is 18.6 Å². The molecular formula is C16H21N5O. The molecule has 1 unspecified atom stereocenters. The molecule has 0 aromatic carbocycles. The Labute approximate surface area is 130 Å². The molecule has 3 heterocycles. The summed E-state index contributed by atoms with van der Waals surface area (Å²) in [6, 6.07) is 2.00. The number of piperidine rings is 1. The van der Waals surface area contributed by atoms with Gasteiger partial charge in [-0.25, -0.2) is 15.0 Å². The van der Waals surface area contributed by atoms with Gasteiger partial charge in [0, 0.05) is 42.8 Å². The Bertz CT molecular complexity index is 599. The zero-order valence-corrected chi connectivity index (χ0v) is 13.1. The minimum atomic E-state index is 0.458. The Kier molecular flexibility index (Phi) is 4.46. The highest BCUT2D eigenvalue weighted by Gasteiger charge is 2.22. The van der Waals surface area contributed by atoms with E-state index in [0.717, 1.165) is 43.3 Å². The zero-order valence-electron chi connectivity index (χ0n) is 13.1. The van der Waals surface area contributed by atoms with E-state index in [-0.39, 0.29) is 0 Å². The summed E-state index contributed by atoms with van der Waals surface area (Å²) < 4.78 is 5.74. The van der Waals surface area contributed by atoms with Gasteiger partial charge < -0.3 is 9.64 Å². The average Bonchev–Trinajstić information content (AvgIpc) is 2.53. The Balaban J connectivity index is 1.61. The molecule has 6 nitrogen and oxygen atoms in total. The largest absolute Gasteiger partial charge is 0.476 e. The summed E-state index contributed by atoms with van der Waals surface area (Å²) in [5, 5.41) is 0. The fourth-order valence-electron chi connectivity index (χ4n) is 2.79. The molecule has 0 aliphatic carbocycles. The first kappa shape index (κ1) is 14.7. The fourth-order valence-corrected chi connectivity index (χ4v) is 2.79. The van der Waals surface area contributed by atoms with Crippen molar-refractivity contribution in [1.29, 1.82) is 0 Å². The van der Waals surface area contributed by atoms with Crippen LogP contribution in [0.25, 0.3) is 0 Å². The molecule has 0 N–H and O–H groups in total. The third-order valence-electron chi connectivity index (χ3n) is 3.78. The van der Waals surface area contributed by atoms with Gasteiger partial charge in [0.1, 0.15) is 0 Å². The lowest BCUT2D eigenvalue weighted by molar-refractivity contribution is 0.220. The van der Waals surface area contributed by atoms with E-state index in [9.17, 15) is 0 Å². The van der Waals surface area contributed by atoms with Crippen molar-refractivity contribution < 1.29 is 4.74 Å². The second-order valence-corrected chi connectivity index (χ2v) is 5.76. The van der Waals surface area contributed by atoms with Crippen molar-refractivity contribution in [2.75, 3.05) is 24.6 Å². The third-order valence-corrected chi connectivity index (χ3v) is 3.78. The first-order valence-corrected chi connectivity index (χ1v) is 7.67. The molecule has 0 radical (unpaired) electrons. The number of aromatic nitrogens is 4. The van der Waals surface area contributed by atoms with E-state index in [1.165, 1.54) is 0 Å². The van der Waals surface area contributed by atoms with Crippen molar-refractivity contribution in [2.24, 2.45) is 5.92 Å². The van der Waals surface area contributed by atoms with Crippen LogP contribution in [-0.4, -0.2) is 39.6 Å². The highest BCUT2D eigenvalue weighted by Crippen LogP contribution is 2.21. The van der Waals surface area contributed by atoms with Gasteiger partial charge in [0.2, 0.25) is 11.8 Å². The van der Waals surface area contributed by atoms with Gasteiger partial charge in [-0.05, 0) is 32.8 Å². The number of anilines is 1. The molecule has 6 heteroatoms. The molecule has 0 saturated carbocycles. The van der Waals surface area contributed by atoms with Gasteiger partial charge in [-0.3, -0.25) is 4.98 Å². The number of aryl methyl sites for hydroxylation is 2. The van der Waals surface area contributed by atoms with Crippen LogP contribution < -0.4 is 9.64 Å². The van der Waals surface area contributed by atoms with Crippen LogP contribution >= 0.6 is 0 Å². The topological polar surface area (TPSA) is 64.0 Å². The normalized spacial score (nSPS) is 18.3. The Morgan fingerprint density at radius 1 is 1.23 bits per heavy atom. The highest BCUT2D eigenvalue weighted by atomic mass is 16.5. The summed E-state index contributed by atoms with van der Waals surface area (Å²) in [4.78, 5) is 19.5. The Hall–Kier alpha value is -2.24. The smallest absolute Gasteiger partial charge is 0.232 e. The molecule has 2 aromatic heterocycles. The van der Waals surface area contributed by atoms with Crippen LogP contribution in [0.2, 0.25) is 0 Å². The van der Waals surface area contributed by atoms with E-state index in [1.807, 2.05) is 19.9 Å². The van der Waals surface area contributed by atoms with Crippen LogP contribution in [0, 0.1) is 19.8 Å².